The van der Waals surface area contributed by atoms with Crippen LogP contribution in [0.25, 0.3) is 11.0 Å². The van der Waals surface area contributed by atoms with Crippen LogP contribution in [0.1, 0.15) is 41.6 Å². The van der Waals surface area contributed by atoms with Gasteiger partial charge in [-0.05, 0) is 42.3 Å². The van der Waals surface area contributed by atoms with Gasteiger partial charge < -0.3 is 10.3 Å². The minimum absolute atomic E-state index is 0.167. The Morgan fingerprint density at radius 2 is 2.00 bits per heavy atom. The lowest BCUT2D eigenvalue weighted by molar-refractivity contribution is 0.101. The van der Waals surface area contributed by atoms with Crippen LogP contribution < -0.4 is 10.9 Å². The highest BCUT2D eigenvalue weighted by Gasteiger charge is 2.12. The minimum Gasteiger partial charge on any atom is -0.342 e. The molecule has 31 heavy (non-hydrogen) atoms. The van der Waals surface area contributed by atoms with E-state index >= 15 is 0 Å². The number of benzene rings is 2. The molecule has 0 aliphatic heterocycles. The monoisotopic (exact) mass is 419 g/mol. The number of halogens is 1. The molecule has 8 heteroatoms. The summed E-state index contributed by atoms with van der Waals surface area (Å²) in [5, 5.41) is 6.96. The maximum atomic E-state index is 13.9. The molecular weight excluding hydrogens is 397 g/mol. The van der Waals surface area contributed by atoms with Crippen LogP contribution in [0.4, 0.5) is 10.1 Å². The van der Waals surface area contributed by atoms with E-state index in [-0.39, 0.29) is 17.1 Å². The molecule has 1 amide bonds. The standard InChI is InChI=1S/C23H22FN5O2/c1-2-3-12-29-22(30)11-10-19(28-29)23(31)25-16-8-9-18-20(14-16)27-21(26-18)13-15-6-4-5-7-17(15)24/h4-11,14H,2-3,12-13H2,1H3,(H,25,31)(H,26,27). The molecule has 0 radical (unpaired) electrons. The Bertz CT molecular complexity index is 1290. The van der Waals surface area contributed by atoms with Gasteiger partial charge in [-0.25, -0.2) is 14.1 Å². The van der Waals surface area contributed by atoms with Gasteiger partial charge in [0.15, 0.2) is 0 Å². The van der Waals surface area contributed by atoms with Crippen molar-refractivity contribution in [3.05, 3.63) is 87.9 Å². The molecular formula is C23H22FN5O2. The Kier molecular flexibility index (Phi) is 5.88. The molecule has 0 spiro atoms. The second kappa shape index (κ2) is 8.91. The maximum Gasteiger partial charge on any atom is 0.276 e. The third-order valence-electron chi connectivity index (χ3n) is 4.93. The lowest BCUT2D eigenvalue weighted by Gasteiger charge is -2.07. The van der Waals surface area contributed by atoms with Crippen molar-refractivity contribution in [1.29, 1.82) is 0 Å². The van der Waals surface area contributed by atoms with E-state index in [2.05, 4.69) is 20.4 Å². The van der Waals surface area contributed by atoms with Gasteiger partial charge in [-0.1, -0.05) is 31.5 Å². The molecule has 4 rings (SSSR count). The maximum absolute atomic E-state index is 13.9. The molecule has 2 aromatic heterocycles. The Morgan fingerprint density at radius 1 is 1.16 bits per heavy atom. The van der Waals surface area contributed by atoms with Gasteiger partial charge in [-0.2, -0.15) is 5.10 Å². The molecule has 7 nitrogen and oxygen atoms in total. The lowest BCUT2D eigenvalue weighted by Crippen LogP contribution is -2.26. The van der Waals surface area contributed by atoms with E-state index in [0.717, 1.165) is 23.9 Å². The van der Waals surface area contributed by atoms with Gasteiger partial charge in [0.25, 0.3) is 11.5 Å². The topological polar surface area (TPSA) is 92.7 Å². The number of aryl methyl sites for hydroxylation is 1. The number of nitrogens with one attached hydrogen (secondary N) is 2. The van der Waals surface area contributed by atoms with Crippen molar-refractivity contribution >= 4 is 22.6 Å². The Morgan fingerprint density at radius 3 is 2.81 bits per heavy atom. The van der Waals surface area contributed by atoms with Gasteiger partial charge in [-0.15, -0.1) is 0 Å². The molecule has 0 bridgehead atoms. The highest BCUT2D eigenvalue weighted by atomic mass is 19.1. The number of nitrogens with zero attached hydrogens (tertiary/aromatic N) is 3. The van der Waals surface area contributed by atoms with Crippen LogP contribution in [0, 0.1) is 5.82 Å². The van der Waals surface area contributed by atoms with Gasteiger partial charge in [0, 0.05) is 24.7 Å². The molecule has 0 saturated heterocycles. The zero-order valence-electron chi connectivity index (χ0n) is 17.1. The molecule has 0 aliphatic carbocycles. The quantitative estimate of drug-likeness (QED) is 0.475. The van der Waals surface area contributed by atoms with Gasteiger partial charge >= 0.3 is 0 Å². The first-order chi connectivity index (χ1) is 15.0. The summed E-state index contributed by atoms with van der Waals surface area (Å²) in [5.74, 6) is -0.0485. The van der Waals surface area contributed by atoms with Crippen LogP contribution >= 0.6 is 0 Å². The average Bonchev–Trinajstić information content (AvgIpc) is 3.16. The van der Waals surface area contributed by atoms with Crippen LogP contribution in [0.2, 0.25) is 0 Å². The highest BCUT2D eigenvalue weighted by molar-refractivity contribution is 6.03. The second-order valence-electron chi connectivity index (χ2n) is 7.27. The normalized spacial score (nSPS) is 11.0. The molecule has 4 aromatic rings. The van der Waals surface area contributed by atoms with E-state index in [1.54, 1.807) is 36.4 Å². The predicted octanol–water partition coefficient (Wildman–Crippen LogP) is 3.90. The Balaban J connectivity index is 1.52. The van der Waals surface area contributed by atoms with Crippen LogP contribution in [0.15, 0.2) is 59.4 Å². The molecule has 2 N–H and O–H groups in total. The molecule has 0 atom stereocenters. The van der Waals surface area contributed by atoms with E-state index in [1.807, 2.05) is 6.92 Å². The first-order valence-corrected chi connectivity index (χ1v) is 10.1. The summed E-state index contributed by atoms with van der Waals surface area (Å²) >= 11 is 0. The van der Waals surface area contributed by atoms with Crippen molar-refractivity contribution in [2.45, 2.75) is 32.7 Å². The fourth-order valence-corrected chi connectivity index (χ4v) is 3.28. The second-order valence-corrected chi connectivity index (χ2v) is 7.27. The first-order valence-electron chi connectivity index (χ1n) is 10.1. The summed E-state index contributed by atoms with van der Waals surface area (Å²) in [6.07, 6.45) is 2.07. The largest absolute Gasteiger partial charge is 0.342 e. The fourth-order valence-electron chi connectivity index (χ4n) is 3.28. The van der Waals surface area contributed by atoms with Gasteiger partial charge in [0.2, 0.25) is 0 Å². The van der Waals surface area contributed by atoms with Crippen LogP contribution in [-0.4, -0.2) is 25.7 Å². The van der Waals surface area contributed by atoms with E-state index in [9.17, 15) is 14.0 Å². The van der Waals surface area contributed by atoms with Crippen molar-refractivity contribution in [3.8, 4) is 0 Å². The summed E-state index contributed by atoms with van der Waals surface area (Å²) < 4.78 is 15.2. The number of rotatable bonds is 7. The lowest BCUT2D eigenvalue weighted by atomic mass is 10.1. The van der Waals surface area contributed by atoms with Crippen LogP contribution in [0.5, 0.6) is 0 Å². The fraction of sp³-hybridized carbons (Fsp3) is 0.217. The zero-order valence-corrected chi connectivity index (χ0v) is 17.1. The van der Waals surface area contributed by atoms with E-state index < -0.39 is 5.91 Å². The third kappa shape index (κ3) is 4.69. The number of anilines is 1. The smallest absolute Gasteiger partial charge is 0.276 e. The number of amides is 1. The predicted molar refractivity (Wildman–Crippen MR) is 117 cm³/mol. The highest BCUT2D eigenvalue weighted by Crippen LogP contribution is 2.20. The molecule has 0 fully saturated rings. The molecule has 2 aromatic carbocycles. The molecule has 0 saturated carbocycles. The van der Waals surface area contributed by atoms with Gasteiger partial charge in [0.05, 0.1) is 11.0 Å². The minimum atomic E-state index is -0.407. The first kappa shape index (κ1) is 20.5. The van der Waals surface area contributed by atoms with E-state index in [4.69, 9.17) is 0 Å². The average molecular weight is 419 g/mol. The number of H-pyrrole nitrogens is 1. The number of carbonyl (C=O) groups is 1. The number of hydrogen-bond donors (Lipinski definition) is 2. The number of carbonyl (C=O) groups excluding carboxylic acids is 1. The SMILES string of the molecule is CCCCn1nc(C(=O)Nc2ccc3nc(Cc4ccccc4F)[nH]c3c2)ccc1=O. The van der Waals surface area contributed by atoms with E-state index in [0.29, 0.717) is 30.0 Å². The molecule has 0 unspecified atom stereocenters. The molecule has 158 valence electrons. The number of unbranched alkanes of at least 4 members (excludes halogenated alkanes) is 1. The van der Waals surface area contributed by atoms with Crippen LogP contribution in [0.3, 0.4) is 0 Å². The summed E-state index contributed by atoms with van der Waals surface area (Å²) in [6, 6.07) is 14.6. The number of aromatic amines is 1. The van der Waals surface area contributed by atoms with Gasteiger partial charge in [0.1, 0.15) is 17.3 Å². The number of aromatic nitrogens is 4. The molecule has 2 heterocycles. The summed E-state index contributed by atoms with van der Waals surface area (Å²) in [7, 11) is 0. The number of hydrogen-bond acceptors (Lipinski definition) is 4. The number of fused-ring (bicyclic) bond motifs is 1. The summed E-state index contributed by atoms with van der Waals surface area (Å²) in [6.45, 7) is 2.50. The summed E-state index contributed by atoms with van der Waals surface area (Å²) in [4.78, 5) is 32.2. The number of imidazole rings is 1. The molecule has 0 aliphatic rings. The van der Waals surface area contributed by atoms with Crippen molar-refractivity contribution in [2.24, 2.45) is 0 Å². The van der Waals surface area contributed by atoms with Crippen molar-refractivity contribution in [3.63, 3.8) is 0 Å². The van der Waals surface area contributed by atoms with Gasteiger partial charge in [-0.3, -0.25) is 9.59 Å². The van der Waals surface area contributed by atoms with E-state index in [1.165, 1.54) is 22.9 Å². The Labute approximate surface area is 178 Å². The third-order valence-corrected chi connectivity index (χ3v) is 4.93. The zero-order chi connectivity index (χ0) is 21.8. The van der Waals surface area contributed by atoms with Crippen LogP contribution in [-0.2, 0) is 13.0 Å². The van der Waals surface area contributed by atoms with Crippen molar-refractivity contribution in [1.82, 2.24) is 19.7 Å². The van der Waals surface area contributed by atoms with Crippen molar-refractivity contribution in [2.75, 3.05) is 5.32 Å². The Hall–Kier alpha value is -3.81. The summed E-state index contributed by atoms with van der Waals surface area (Å²) in [5.41, 5.74) is 2.50. The van der Waals surface area contributed by atoms with Crippen molar-refractivity contribution < 1.29 is 9.18 Å².